The summed E-state index contributed by atoms with van der Waals surface area (Å²) in [6, 6.07) is 11.0. The number of halogens is 1. The normalized spacial score (nSPS) is 14.6. The quantitative estimate of drug-likeness (QED) is 0.487. The number of para-hydroxylation sites is 1. The molecule has 1 saturated heterocycles. The molecule has 0 aromatic heterocycles. The van der Waals surface area contributed by atoms with Crippen LogP contribution in [-0.4, -0.2) is 83.0 Å². The highest BCUT2D eigenvalue weighted by Gasteiger charge is 2.24. The van der Waals surface area contributed by atoms with Crippen molar-refractivity contribution in [3.8, 4) is 0 Å². The first-order valence-electron chi connectivity index (χ1n) is 10.9. The van der Waals surface area contributed by atoms with Gasteiger partial charge in [0.05, 0.1) is 17.1 Å². The van der Waals surface area contributed by atoms with Gasteiger partial charge in [-0.3, -0.25) is 19.2 Å². The van der Waals surface area contributed by atoms with Gasteiger partial charge in [-0.1, -0.05) is 12.1 Å². The van der Waals surface area contributed by atoms with Gasteiger partial charge in [0.2, 0.25) is 5.91 Å². The smallest absolute Gasteiger partial charge is 0.261 e. The Kier molecular flexibility index (Phi) is 8.97. The Balaban J connectivity index is 1.51. The van der Waals surface area contributed by atoms with Crippen LogP contribution in [0.5, 0.6) is 0 Å². The van der Waals surface area contributed by atoms with E-state index < -0.39 is 15.8 Å². The summed E-state index contributed by atoms with van der Waals surface area (Å²) in [5.41, 5.74) is 0.207. The largest absolute Gasteiger partial charge is 0.385 e. The van der Waals surface area contributed by atoms with Gasteiger partial charge in [-0.25, -0.2) is 12.8 Å². The van der Waals surface area contributed by atoms with Gasteiger partial charge in [-0.05, 0) is 42.8 Å². The highest BCUT2D eigenvalue weighted by molar-refractivity contribution is 7.92. The summed E-state index contributed by atoms with van der Waals surface area (Å²) in [5.74, 6) is -0.952. The SMILES string of the molecule is COCCCNC(=O)CN1CCN(C(=O)c2ccc(S(=O)(=O)Nc3ccccc3F)cc2)CC1. The maximum atomic E-state index is 13.8. The Hall–Kier alpha value is -3.02. The van der Waals surface area contributed by atoms with Crippen molar-refractivity contribution < 1.29 is 27.1 Å². The molecular formula is C23H29FN4O5S. The number of ether oxygens (including phenoxy) is 1. The molecule has 2 aromatic carbocycles. The number of nitrogens with one attached hydrogen (secondary N) is 2. The number of hydrogen-bond donors (Lipinski definition) is 2. The number of nitrogens with zero attached hydrogens (tertiary/aromatic N) is 2. The molecule has 0 spiro atoms. The first kappa shape index (κ1) is 25.6. The molecule has 2 N–H and O–H groups in total. The second-order valence-electron chi connectivity index (χ2n) is 7.87. The van der Waals surface area contributed by atoms with Gasteiger partial charge in [-0.15, -0.1) is 0 Å². The molecule has 34 heavy (non-hydrogen) atoms. The van der Waals surface area contributed by atoms with Crippen molar-refractivity contribution in [1.82, 2.24) is 15.1 Å². The lowest BCUT2D eigenvalue weighted by atomic mass is 10.2. The van der Waals surface area contributed by atoms with E-state index in [4.69, 9.17) is 4.74 Å². The fourth-order valence-electron chi connectivity index (χ4n) is 3.52. The van der Waals surface area contributed by atoms with E-state index in [9.17, 15) is 22.4 Å². The first-order chi connectivity index (χ1) is 16.3. The number of amides is 2. The van der Waals surface area contributed by atoms with E-state index in [2.05, 4.69) is 10.0 Å². The monoisotopic (exact) mass is 492 g/mol. The Bertz CT molecular complexity index is 1090. The molecule has 3 rings (SSSR count). The molecule has 0 saturated carbocycles. The van der Waals surface area contributed by atoms with Gasteiger partial charge in [-0.2, -0.15) is 0 Å². The Labute approximate surface area is 198 Å². The van der Waals surface area contributed by atoms with E-state index in [1.807, 2.05) is 4.90 Å². The van der Waals surface area contributed by atoms with Crippen molar-refractivity contribution in [3.63, 3.8) is 0 Å². The van der Waals surface area contributed by atoms with Crippen molar-refractivity contribution >= 4 is 27.5 Å². The molecule has 0 bridgehead atoms. The average molecular weight is 493 g/mol. The molecule has 1 aliphatic heterocycles. The number of methoxy groups -OCH3 is 1. The van der Waals surface area contributed by atoms with Crippen LogP contribution in [0.4, 0.5) is 10.1 Å². The number of hydrogen-bond acceptors (Lipinski definition) is 6. The van der Waals surface area contributed by atoms with E-state index in [0.717, 1.165) is 12.5 Å². The Morgan fingerprint density at radius 3 is 2.35 bits per heavy atom. The van der Waals surface area contributed by atoms with E-state index in [-0.39, 0.29) is 28.9 Å². The lowest BCUT2D eigenvalue weighted by Crippen LogP contribution is -2.51. The topological polar surface area (TPSA) is 108 Å². The molecule has 0 aliphatic carbocycles. The van der Waals surface area contributed by atoms with Crippen molar-refractivity contribution in [1.29, 1.82) is 0 Å². The van der Waals surface area contributed by atoms with Crippen LogP contribution in [0.3, 0.4) is 0 Å². The summed E-state index contributed by atoms with van der Waals surface area (Å²) in [4.78, 5) is 28.4. The number of benzene rings is 2. The molecule has 2 amide bonds. The van der Waals surface area contributed by atoms with Gasteiger partial charge in [0, 0.05) is 52.0 Å². The van der Waals surface area contributed by atoms with Gasteiger partial charge >= 0.3 is 0 Å². The van der Waals surface area contributed by atoms with Gasteiger partial charge in [0.25, 0.3) is 15.9 Å². The summed E-state index contributed by atoms with van der Waals surface area (Å²) in [5, 5.41) is 2.84. The van der Waals surface area contributed by atoms with Crippen LogP contribution in [-0.2, 0) is 19.6 Å². The molecule has 11 heteroatoms. The van der Waals surface area contributed by atoms with E-state index in [1.54, 1.807) is 12.0 Å². The number of piperazine rings is 1. The third-order valence-electron chi connectivity index (χ3n) is 5.40. The Morgan fingerprint density at radius 1 is 1.03 bits per heavy atom. The second-order valence-corrected chi connectivity index (χ2v) is 9.56. The summed E-state index contributed by atoms with van der Waals surface area (Å²) in [7, 11) is -2.38. The highest BCUT2D eigenvalue weighted by Crippen LogP contribution is 2.20. The molecular weight excluding hydrogens is 463 g/mol. The molecule has 9 nitrogen and oxygen atoms in total. The van der Waals surface area contributed by atoms with Crippen LogP contribution in [0.25, 0.3) is 0 Å². The van der Waals surface area contributed by atoms with E-state index in [1.165, 1.54) is 42.5 Å². The van der Waals surface area contributed by atoms with Gasteiger partial charge < -0.3 is 15.0 Å². The molecule has 1 fully saturated rings. The highest BCUT2D eigenvalue weighted by atomic mass is 32.2. The van der Waals surface area contributed by atoms with Crippen LogP contribution in [0.2, 0.25) is 0 Å². The molecule has 2 aromatic rings. The summed E-state index contributed by atoms with van der Waals surface area (Å²) in [6.07, 6.45) is 0.754. The summed E-state index contributed by atoms with van der Waals surface area (Å²) < 4.78 is 46.0. The fourth-order valence-corrected chi connectivity index (χ4v) is 4.59. The van der Waals surface area contributed by atoms with Crippen LogP contribution < -0.4 is 10.0 Å². The average Bonchev–Trinajstić information content (AvgIpc) is 2.83. The van der Waals surface area contributed by atoms with Crippen molar-refractivity contribution in [2.24, 2.45) is 0 Å². The predicted octanol–water partition coefficient (Wildman–Crippen LogP) is 1.54. The number of anilines is 1. The van der Waals surface area contributed by atoms with Crippen LogP contribution >= 0.6 is 0 Å². The first-order valence-corrected chi connectivity index (χ1v) is 12.4. The molecule has 0 atom stereocenters. The zero-order valence-corrected chi connectivity index (χ0v) is 19.8. The van der Waals surface area contributed by atoms with Crippen molar-refractivity contribution in [2.75, 3.05) is 57.7 Å². The number of carbonyl (C=O) groups excluding carboxylic acids is 2. The summed E-state index contributed by atoms with van der Waals surface area (Å²) in [6.45, 7) is 3.49. The lowest BCUT2D eigenvalue weighted by Gasteiger charge is -2.34. The minimum absolute atomic E-state index is 0.0586. The Morgan fingerprint density at radius 2 is 1.71 bits per heavy atom. The minimum Gasteiger partial charge on any atom is -0.385 e. The molecule has 184 valence electrons. The molecule has 1 heterocycles. The summed E-state index contributed by atoms with van der Waals surface area (Å²) >= 11 is 0. The predicted molar refractivity (Wildman–Crippen MR) is 125 cm³/mol. The number of sulfonamides is 1. The van der Waals surface area contributed by atoms with E-state index >= 15 is 0 Å². The number of rotatable bonds is 10. The van der Waals surface area contributed by atoms with Gasteiger partial charge in [0.15, 0.2) is 0 Å². The molecule has 1 aliphatic rings. The van der Waals surface area contributed by atoms with Gasteiger partial charge in [0.1, 0.15) is 5.82 Å². The maximum absolute atomic E-state index is 13.8. The molecule has 0 unspecified atom stereocenters. The minimum atomic E-state index is -4.00. The second kappa shape index (κ2) is 11.9. The van der Waals surface area contributed by atoms with Crippen LogP contribution in [0.15, 0.2) is 53.4 Å². The van der Waals surface area contributed by atoms with Crippen molar-refractivity contribution in [3.05, 3.63) is 59.9 Å². The lowest BCUT2D eigenvalue weighted by molar-refractivity contribution is -0.122. The zero-order chi connectivity index (χ0) is 24.6. The standard InChI is InChI=1S/C23H29FN4O5S/c1-33-16-4-11-25-22(29)17-27-12-14-28(15-13-27)23(30)18-7-9-19(10-8-18)34(31,32)26-21-6-3-2-5-20(21)24/h2-3,5-10,26H,4,11-17H2,1H3,(H,25,29). The third kappa shape index (κ3) is 6.99. The van der Waals surface area contributed by atoms with Crippen LogP contribution in [0, 0.1) is 5.82 Å². The fraction of sp³-hybridized carbons (Fsp3) is 0.391. The third-order valence-corrected chi connectivity index (χ3v) is 6.79. The van der Waals surface area contributed by atoms with Crippen LogP contribution in [0.1, 0.15) is 16.8 Å². The zero-order valence-electron chi connectivity index (χ0n) is 19.0. The maximum Gasteiger partial charge on any atom is 0.261 e. The number of carbonyl (C=O) groups is 2. The van der Waals surface area contributed by atoms with E-state index in [0.29, 0.717) is 44.9 Å². The van der Waals surface area contributed by atoms with Crippen molar-refractivity contribution in [2.45, 2.75) is 11.3 Å². The molecule has 0 radical (unpaired) electrons.